The molecule has 3 heteroatoms. The lowest BCUT2D eigenvalue weighted by Gasteiger charge is -2.18. The summed E-state index contributed by atoms with van der Waals surface area (Å²) in [5.41, 5.74) is 8.42. The third-order valence-corrected chi connectivity index (χ3v) is 4.73. The first-order chi connectivity index (χ1) is 8.24. The van der Waals surface area contributed by atoms with Gasteiger partial charge in [0.2, 0.25) is 0 Å². The molecular formula is C15H22N2S. The number of benzene rings is 1. The molecule has 0 radical (unpaired) electrons. The monoisotopic (exact) mass is 262 g/mol. The number of nitrogens with zero attached hydrogens (tertiary/aromatic N) is 1. The summed E-state index contributed by atoms with van der Waals surface area (Å²) in [6.45, 7) is 11.6. The van der Waals surface area contributed by atoms with E-state index in [0.29, 0.717) is 6.54 Å². The van der Waals surface area contributed by atoms with E-state index in [0.717, 1.165) is 10.5 Å². The van der Waals surface area contributed by atoms with Crippen LogP contribution in [0.5, 0.6) is 0 Å². The topological polar surface area (TPSA) is 38.9 Å². The van der Waals surface area contributed by atoms with Gasteiger partial charge in [-0.3, -0.25) is 0 Å². The van der Waals surface area contributed by atoms with Crippen LogP contribution in [-0.2, 0) is 10.8 Å². The zero-order chi connectivity index (χ0) is 13.6. The molecule has 1 heterocycles. The van der Waals surface area contributed by atoms with Crippen molar-refractivity contribution in [3.63, 3.8) is 0 Å². The SMILES string of the molecule is CC(C)(C)c1ccc2nc(C(C)(C)CN)sc2c1. The van der Waals surface area contributed by atoms with Gasteiger partial charge in [0.1, 0.15) is 5.01 Å². The summed E-state index contributed by atoms with van der Waals surface area (Å²) in [6, 6.07) is 6.58. The van der Waals surface area contributed by atoms with Gasteiger partial charge in [-0.2, -0.15) is 0 Å². The Labute approximate surface area is 113 Å². The Morgan fingerprint density at radius 1 is 1.17 bits per heavy atom. The van der Waals surface area contributed by atoms with Crippen molar-refractivity contribution in [3.05, 3.63) is 28.8 Å². The molecule has 0 aliphatic heterocycles. The van der Waals surface area contributed by atoms with Gasteiger partial charge < -0.3 is 5.73 Å². The summed E-state index contributed by atoms with van der Waals surface area (Å²) in [5, 5.41) is 1.13. The van der Waals surface area contributed by atoms with Crippen LogP contribution in [0.1, 0.15) is 45.2 Å². The molecule has 0 atom stereocenters. The molecule has 0 saturated heterocycles. The summed E-state index contributed by atoms with van der Waals surface area (Å²) >= 11 is 1.77. The van der Waals surface area contributed by atoms with E-state index in [1.165, 1.54) is 10.3 Å². The van der Waals surface area contributed by atoms with Crippen molar-refractivity contribution in [2.45, 2.75) is 45.4 Å². The maximum atomic E-state index is 5.83. The highest BCUT2D eigenvalue weighted by Crippen LogP contribution is 2.33. The first-order valence-corrected chi connectivity index (χ1v) is 7.17. The van der Waals surface area contributed by atoms with E-state index in [1.54, 1.807) is 11.3 Å². The lowest BCUT2D eigenvalue weighted by Crippen LogP contribution is -2.27. The van der Waals surface area contributed by atoms with E-state index in [4.69, 9.17) is 10.7 Å². The van der Waals surface area contributed by atoms with Crippen LogP contribution in [0.15, 0.2) is 18.2 Å². The largest absolute Gasteiger partial charge is 0.330 e. The minimum Gasteiger partial charge on any atom is -0.330 e. The maximum absolute atomic E-state index is 5.83. The van der Waals surface area contributed by atoms with Crippen LogP contribution in [0.4, 0.5) is 0 Å². The number of thiazole rings is 1. The fourth-order valence-corrected chi connectivity index (χ4v) is 2.88. The second kappa shape index (κ2) is 4.32. The molecule has 1 aromatic carbocycles. The van der Waals surface area contributed by atoms with Crippen molar-refractivity contribution in [1.82, 2.24) is 4.98 Å². The Morgan fingerprint density at radius 3 is 2.39 bits per heavy atom. The Kier molecular flexibility index (Phi) is 3.24. The molecule has 2 aromatic rings. The second-order valence-electron chi connectivity index (χ2n) is 6.54. The summed E-state index contributed by atoms with van der Waals surface area (Å²) in [7, 11) is 0. The molecule has 0 aliphatic rings. The van der Waals surface area contributed by atoms with Gasteiger partial charge in [-0.15, -0.1) is 11.3 Å². The van der Waals surface area contributed by atoms with E-state index in [-0.39, 0.29) is 10.8 Å². The molecule has 0 aliphatic carbocycles. The highest BCUT2D eigenvalue weighted by molar-refractivity contribution is 7.18. The number of hydrogen-bond acceptors (Lipinski definition) is 3. The molecule has 2 rings (SSSR count). The van der Waals surface area contributed by atoms with Gasteiger partial charge >= 0.3 is 0 Å². The highest BCUT2D eigenvalue weighted by Gasteiger charge is 2.23. The molecule has 0 unspecified atom stereocenters. The van der Waals surface area contributed by atoms with E-state index in [9.17, 15) is 0 Å². The van der Waals surface area contributed by atoms with Gasteiger partial charge in [0.05, 0.1) is 10.2 Å². The van der Waals surface area contributed by atoms with Gasteiger partial charge in [0, 0.05) is 12.0 Å². The molecule has 0 bridgehead atoms. The summed E-state index contributed by atoms with van der Waals surface area (Å²) < 4.78 is 1.26. The molecule has 18 heavy (non-hydrogen) atoms. The fourth-order valence-electron chi connectivity index (χ4n) is 1.77. The van der Waals surface area contributed by atoms with E-state index in [2.05, 4.69) is 52.8 Å². The van der Waals surface area contributed by atoms with Crippen LogP contribution in [-0.4, -0.2) is 11.5 Å². The van der Waals surface area contributed by atoms with Gasteiger partial charge in [-0.25, -0.2) is 4.98 Å². The third kappa shape index (κ3) is 2.43. The molecule has 98 valence electrons. The van der Waals surface area contributed by atoms with Gasteiger partial charge in [0.15, 0.2) is 0 Å². The average molecular weight is 262 g/mol. The predicted octanol–water partition coefficient (Wildman–Crippen LogP) is 3.83. The van der Waals surface area contributed by atoms with Crippen LogP contribution in [0.25, 0.3) is 10.2 Å². The molecular weight excluding hydrogens is 240 g/mol. The van der Waals surface area contributed by atoms with Gasteiger partial charge in [0.25, 0.3) is 0 Å². The van der Waals surface area contributed by atoms with Crippen LogP contribution in [0.3, 0.4) is 0 Å². The summed E-state index contributed by atoms with van der Waals surface area (Å²) in [5.74, 6) is 0. The summed E-state index contributed by atoms with van der Waals surface area (Å²) in [6.07, 6.45) is 0. The minimum atomic E-state index is -0.0361. The van der Waals surface area contributed by atoms with E-state index in [1.807, 2.05) is 0 Å². The predicted molar refractivity (Wildman–Crippen MR) is 80.4 cm³/mol. The number of nitrogens with two attached hydrogens (primary N) is 1. The molecule has 0 saturated carbocycles. The van der Waals surface area contributed by atoms with Crippen LogP contribution in [0.2, 0.25) is 0 Å². The zero-order valence-electron chi connectivity index (χ0n) is 11.9. The lowest BCUT2D eigenvalue weighted by molar-refractivity contribution is 0.536. The van der Waals surface area contributed by atoms with Crippen molar-refractivity contribution in [1.29, 1.82) is 0 Å². The second-order valence-corrected chi connectivity index (χ2v) is 7.57. The first-order valence-electron chi connectivity index (χ1n) is 6.36. The van der Waals surface area contributed by atoms with Crippen molar-refractivity contribution in [2.75, 3.05) is 6.54 Å². The normalized spacial score (nSPS) is 13.2. The van der Waals surface area contributed by atoms with Crippen molar-refractivity contribution in [2.24, 2.45) is 5.73 Å². The minimum absolute atomic E-state index is 0.0361. The lowest BCUT2D eigenvalue weighted by atomic mass is 9.87. The van der Waals surface area contributed by atoms with Crippen molar-refractivity contribution >= 4 is 21.6 Å². The molecule has 1 aromatic heterocycles. The average Bonchev–Trinajstić information content (AvgIpc) is 2.71. The van der Waals surface area contributed by atoms with Crippen LogP contribution >= 0.6 is 11.3 Å². The van der Waals surface area contributed by atoms with Gasteiger partial charge in [-0.05, 0) is 23.1 Å². The molecule has 0 amide bonds. The standard InChI is InChI=1S/C15H22N2S/c1-14(2,3)10-6-7-11-12(8-10)18-13(17-11)15(4,5)9-16/h6-8H,9,16H2,1-5H3. The van der Waals surface area contributed by atoms with Crippen LogP contribution < -0.4 is 5.73 Å². The van der Waals surface area contributed by atoms with E-state index < -0.39 is 0 Å². The fraction of sp³-hybridized carbons (Fsp3) is 0.533. The molecule has 0 spiro atoms. The molecule has 2 nitrogen and oxygen atoms in total. The Morgan fingerprint density at radius 2 is 1.83 bits per heavy atom. The first kappa shape index (κ1) is 13.5. The van der Waals surface area contributed by atoms with Gasteiger partial charge in [-0.1, -0.05) is 40.7 Å². The zero-order valence-corrected chi connectivity index (χ0v) is 12.7. The number of aromatic nitrogens is 1. The Hall–Kier alpha value is -0.930. The Balaban J connectivity index is 2.53. The smallest absolute Gasteiger partial charge is 0.101 e. The third-order valence-electron chi connectivity index (χ3n) is 3.34. The number of fused-ring (bicyclic) bond motifs is 1. The summed E-state index contributed by atoms with van der Waals surface area (Å²) in [4.78, 5) is 4.72. The van der Waals surface area contributed by atoms with Crippen molar-refractivity contribution < 1.29 is 0 Å². The molecule has 2 N–H and O–H groups in total. The highest BCUT2D eigenvalue weighted by atomic mass is 32.1. The number of rotatable bonds is 2. The van der Waals surface area contributed by atoms with Crippen LogP contribution in [0, 0.1) is 0 Å². The quantitative estimate of drug-likeness (QED) is 0.893. The molecule has 0 fully saturated rings. The van der Waals surface area contributed by atoms with Crippen molar-refractivity contribution in [3.8, 4) is 0 Å². The Bertz CT molecular complexity index is 561. The van der Waals surface area contributed by atoms with E-state index >= 15 is 0 Å². The number of hydrogen-bond donors (Lipinski definition) is 1. The maximum Gasteiger partial charge on any atom is 0.101 e.